The lowest BCUT2D eigenvalue weighted by Crippen LogP contribution is -1.99. The minimum absolute atomic E-state index is 0.138. The monoisotopic (exact) mass is 296 g/mol. The van der Waals surface area contributed by atoms with Crippen molar-refractivity contribution in [1.29, 1.82) is 0 Å². The van der Waals surface area contributed by atoms with Gasteiger partial charge in [0, 0.05) is 5.02 Å². The smallest absolute Gasteiger partial charge is 0.123 e. The first kappa shape index (κ1) is 14.4. The Bertz CT molecular complexity index is 576. The van der Waals surface area contributed by atoms with Crippen molar-refractivity contribution in [2.45, 2.75) is 25.6 Å². The number of aryl methyl sites for hydroxylation is 2. The quantitative estimate of drug-likeness (QED) is 0.645. The molecule has 0 aliphatic heterocycles. The van der Waals surface area contributed by atoms with Crippen LogP contribution in [0.4, 0.5) is 4.39 Å². The van der Waals surface area contributed by atoms with E-state index < -0.39 is 0 Å². The summed E-state index contributed by atoms with van der Waals surface area (Å²) in [5, 5.41) is 0.619. The Morgan fingerprint density at radius 2 is 1.68 bits per heavy atom. The van der Waals surface area contributed by atoms with E-state index in [0.717, 1.165) is 27.3 Å². The summed E-state index contributed by atoms with van der Waals surface area (Å²) < 4.78 is 12.9. The predicted octanol–water partition coefficient (Wildman–Crippen LogP) is 5.62. The van der Waals surface area contributed by atoms with Gasteiger partial charge in [-0.05, 0) is 60.7 Å². The van der Waals surface area contributed by atoms with Crippen molar-refractivity contribution in [2.24, 2.45) is 0 Å². The van der Waals surface area contributed by atoms with Crippen LogP contribution in [0.5, 0.6) is 0 Å². The van der Waals surface area contributed by atoms with Gasteiger partial charge in [0.15, 0.2) is 0 Å². The van der Waals surface area contributed by atoms with E-state index in [2.05, 4.69) is 0 Å². The van der Waals surface area contributed by atoms with Crippen LogP contribution in [0.25, 0.3) is 0 Å². The van der Waals surface area contributed by atoms with Crippen LogP contribution in [0.1, 0.15) is 27.6 Å². The number of rotatable bonds is 3. The number of halogens is 3. The van der Waals surface area contributed by atoms with Gasteiger partial charge in [0.2, 0.25) is 0 Å². The minimum Gasteiger partial charge on any atom is -0.207 e. The number of hydrogen-bond donors (Lipinski definition) is 0. The molecule has 0 aliphatic rings. The molecule has 0 radical (unpaired) electrons. The molecular weight excluding hydrogens is 282 g/mol. The van der Waals surface area contributed by atoms with Crippen LogP contribution >= 0.6 is 23.2 Å². The second-order valence-corrected chi connectivity index (χ2v) is 5.69. The number of alkyl halides is 1. The summed E-state index contributed by atoms with van der Waals surface area (Å²) >= 11 is 12.6. The van der Waals surface area contributed by atoms with Crippen molar-refractivity contribution in [2.75, 3.05) is 0 Å². The highest BCUT2D eigenvalue weighted by Gasteiger charge is 2.13. The highest BCUT2D eigenvalue weighted by Crippen LogP contribution is 2.31. The molecule has 0 saturated carbocycles. The third-order valence-corrected chi connectivity index (χ3v) is 4.01. The van der Waals surface area contributed by atoms with Crippen molar-refractivity contribution >= 4 is 23.2 Å². The molecule has 0 bridgehead atoms. The molecule has 0 nitrogen and oxygen atoms in total. The lowest BCUT2D eigenvalue weighted by atomic mass is 9.98. The van der Waals surface area contributed by atoms with Crippen molar-refractivity contribution < 1.29 is 4.39 Å². The highest BCUT2D eigenvalue weighted by molar-refractivity contribution is 6.31. The molecule has 1 unspecified atom stereocenters. The summed E-state index contributed by atoms with van der Waals surface area (Å²) in [5.74, 6) is -0.228. The van der Waals surface area contributed by atoms with E-state index >= 15 is 0 Å². The van der Waals surface area contributed by atoms with Gasteiger partial charge in [0.25, 0.3) is 0 Å². The molecule has 0 spiro atoms. The molecule has 3 heteroatoms. The SMILES string of the molecule is Cc1cc(C(Cl)Cc2ccc(F)cc2)c(C)cc1Cl. The molecule has 19 heavy (non-hydrogen) atoms. The molecule has 1 atom stereocenters. The van der Waals surface area contributed by atoms with Crippen LogP contribution in [0, 0.1) is 19.7 Å². The maximum absolute atomic E-state index is 12.9. The third kappa shape index (κ3) is 3.49. The summed E-state index contributed by atoms with van der Waals surface area (Å²) in [6, 6.07) is 10.4. The standard InChI is InChI=1S/C16H15Cl2F/c1-10-8-15(17)11(2)7-14(10)16(18)9-12-3-5-13(19)6-4-12/h3-8,16H,9H2,1-2H3. The number of benzene rings is 2. The van der Waals surface area contributed by atoms with Gasteiger partial charge in [-0.1, -0.05) is 29.8 Å². The summed E-state index contributed by atoms with van der Waals surface area (Å²) in [4.78, 5) is 0. The molecule has 0 saturated heterocycles. The predicted molar refractivity (Wildman–Crippen MR) is 79.6 cm³/mol. The Balaban J connectivity index is 2.22. The molecule has 0 aliphatic carbocycles. The largest absolute Gasteiger partial charge is 0.207 e. The van der Waals surface area contributed by atoms with Gasteiger partial charge in [0.1, 0.15) is 5.82 Å². The molecule has 2 aromatic carbocycles. The lowest BCUT2D eigenvalue weighted by Gasteiger charge is -2.15. The molecular formula is C16H15Cl2F. The van der Waals surface area contributed by atoms with Gasteiger partial charge in [0.05, 0.1) is 5.38 Å². The molecule has 100 valence electrons. The fraction of sp³-hybridized carbons (Fsp3) is 0.250. The molecule has 0 aromatic heterocycles. The van der Waals surface area contributed by atoms with E-state index in [0.29, 0.717) is 6.42 Å². The molecule has 0 amide bonds. The van der Waals surface area contributed by atoms with Crippen LogP contribution < -0.4 is 0 Å². The van der Waals surface area contributed by atoms with E-state index in [1.165, 1.54) is 12.1 Å². The fourth-order valence-corrected chi connectivity index (χ4v) is 2.71. The highest BCUT2D eigenvalue weighted by atomic mass is 35.5. The average molecular weight is 297 g/mol. The summed E-state index contributed by atoms with van der Waals surface area (Å²) in [6.07, 6.45) is 0.670. The molecule has 0 heterocycles. The first-order valence-electron chi connectivity index (χ1n) is 6.12. The van der Waals surface area contributed by atoms with Gasteiger partial charge in [-0.25, -0.2) is 4.39 Å². The summed E-state index contributed by atoms with van der Waals surface area (Å²) in [5.41, 5.74) is 4.20. The zero-order valence-electron chi connectivity index (χ0n) is 10.9. The molecule has 0 fully saturated rings. The lowest BCUT2D eigenvalue weighted by molar-refractivity contribution is 0.627. The third-order valence-electron chi connectivity index (χ3n) is 3.21. The normalized spacial score (nSPS) is 12.5. The van der Waals surface area contributed by atoms with Gasteiger partial charge >= 0.3 is 0 Å². The van der Waals surface area contributed by atoms with E-state index in [1.54, 1.807) is 12.1 Å². The Labute approximate surface area is 123 Å². The van der Waals surface area contributed by atoms with Crippen LogP contribution in [0.15, 0.2) is 36.4 Å². The Morgan fingerprint density at radius 1 is 1.05 bits per heavy atom. The maximum Gasteiger partial charge on any atom is 0.123 e. The zero-order chi connectivity index (χ0) is 14.0. The van der Waals surface area contributed by atoms with Crippen molar-refractivity contribution in [3.05, 3.63) is 69.5 Å². The van der Waals surface area contributed by atoms with Crippen LogP contribution in [0.2, 0.25) is 5.02 Å². The maximum atomic E-state index is 12.9. The van der Waals surface area contributed by atoms with Crippen molar-refractivity contribution in [3.63, 3.8) is 0 Å². The molecule has 2 aromatic rings. The van der Waals surface area contributed by atoms with Crippen molar-refractivity contribution in [1.82, 2.24) is 0 Å². The summed E-state index contributed by atoms with van der Waals surface area (Å²) in [6.45, 7) is 3.97. The van der Waals surface area contributed by atoms with E-state index in [4.69, 9.17) is 23.2 Å². The fourth-order valence-electron chi connectivity index (χ4n) is 2.08. The number of hydrogen-bond acceptors (Lipinski definition) is 0. The Morgan fingerprint density at radius 3 is 2.32 bits per heavy atom. The van der Waals surface area contributed by atoms with Gasteiger partial charge in [-0.3, -0.25) is 0 Å². The second-order valence-electron chi connectivity index (χ2n) is 4.76. The zero-order valence-corrected chi connectivity index (χ0v) is 12.4. The first-order valence-corrected chi connectivity index (χ1v) is 6.94. The van der Waals surface area contributed by atoms with E-state index in [9.17, 15) is 4.39 Å². The van der Waals surface area contributed by atoms with Crippen LogP contribution in [-0.2, 0) is 6.42 Å². The molecule has 0 N–H and O–H groups in total. The van der Waals surface area contributed by atoms with E-state index in [-0.39, 0.29) is 11.2 Å². The van der Waals surface area contributed by atoms with Gasteiger partial charge in [-0.2, -0.15) is 0 Å². The Hall–Kier alpha value is -1.05. The topological polar surface area (TPSA) is 0 Å². The average Bonchev–Trinajstić information content (AvgIpc) is 2.36. The van der Waals surface area contributed by atoms with Crippen LogP contribution in [-0.4, -0.2) is 0 Å². The van der Waals surface area contributed by atoms with Gasteiger partial charge < -0.3 is 0 Å². The Kier molecular flexibility index (Phi) is 4.49. The van der Waals surface area contributed by atoms with Gasteiger partial charge in [-0.15, -0.1) is 11.6 Å². The minimum atomic E-state index is -0.228. The second kappa shape index (κ2) is 5.94. The summed E-state index contributed by atoms with van der Waals surface area (Å²) in [7, 11) is 0. The van der Waals surface area contributed by atoms with E-state index in [1.807, 2.05) is 26.0 Å². The molecule has 2 rings (SSSR count). The van der Waals surface area contributed by atoms with Crippen molar-refractivity contribution in [3.8, 4) is 0 Å². The first-order chi connectivity index (χ1) is 8.97. The van der Waals surface area contributed by atoms with Crippen LogP contribution in [0.3, 0.4) is 0 Å².